The van der Waals surface area contributed by atoms with Crippen molar-refractivity contribution in [2.45, 2.75) is 51.6 Å². The third-order valence-corrected chi connectivity index (χ3v) is 4.54. The summed E-state index contributed by atoms with van der Waals surface area (Å²) in [5.74, 6) is -0.623. The fraction of sp³-hybridized carbons (Fsp3) is 0.846. The van der Waals surface area contributed by atoms with Crippen LogP contribution in [0.25, 0.3) is 0 Å². The molecule has 1 saturated carbocycles. The third kappa shape index (κ3) is 2.44. The molecule has 2 N–H and O–H groups in total. The van der Waals surface area contributed by atoms with Crippen LogP contribution in [0, 0.1) is 11.8 Å². The Bertz CT molecular complexity index is 341. The number of amides is 2. The molecule has 2 fully saturated rings. The van der Waals surface area contributed by atoms with Gasteiger partial charge in [-0.15, -0.1) is 0 Å². The van der Waals surface area contributed by atoms with Crippen molar-refractivity contribution < 1.29 is 14.7 Å². The molecule has 0 aromatic carbocycles. The van der Waals surface area contributed by atoms with E-state index >= 15 is 0 Å². The van der Waals surface area contributed by atoms with E-state index in [4.69, 9.17) is 5.11 Å². The van der Waals surface area contributed by atoms with Crippen molar-refractivity contribution >= 4 is 12.0 Å². The maximum absolute atomic E-state index is 12.1. The number of nitrogens with one attached hydrogen (secondary N) is 1. The Morgan fingerprint density at radius 2 is 2.00 bits per heavy atom. The van der Waals surface area contributed by atoms with Gasteiger partial charge in [-0.25, -0.2) is 4.79 Å². The Balaban J connectivity index is 1.87. The van der Waals surface area contributed by atoms with E-state index in [-0.39, 0.29) is 18.1 Å². The lowest BCUT2D eigenvalue weighted by Crippen LogP contribution is -2.49. The van der Waals surface area contributed by atoms with Crippen molar-refractivity contribution in [2.24, 2.45) is 11.8 Å². The van der Waals surface area contributed by atoms with Gasteiger partial charge in [-0.2, -0.15) is 0 Å². The topological polar surface area (TPSA) is 69.6 Å². The average Bonchev–Trinajstić information content (AvgIpc) is 2.56. The molecule has 0 bridgehead atoms. The number of hydrogen-bond donors (Lipinski definition) is 2. The lowest BCUT2D eigenvalue weighted by Gasteiger charge is -2.34. The highest BCUT2D eigenvalue weighted by atomic mass is 16.4. The molecule has 0 aromatic heterocycles. The molecule has 1 aliphatic heterocycles. The summed E-state index contributed by atoms with van der Waals surface area (Å²) in [5, 5.41) is 12.0. The van der Waals surface area contributed by atoms with Gasteiger partial charge < -0.3 is 15.3 Å². The number of likely N-dealkylation sites (tertiary alicyclic amines) is 1. The number of carboxylic acid groups (broad SMARTS) is 1. The average molecular weight is 254 g/mol. The largest absolute Gasteiger partial charge is 0.481 e. The zero-order valence-electron chi connectivity index (χ0n) is 11.1. The number of rotatable bonds is 3. The second-order valence-corrected chi connectivity index (χ2v) is 5.60. The maximum Gasteiger partial charge on any atom is 0.317 e. The Morgan fingerprint density at radius 3 is 2.44 bits per heavy atom. The number of urea groups is 1. The maximum atomic E-state index is 12.1. The normalized spacial score (nSPS) is 29.8. The van der Waals surface area contributed by atoms with Gasteiger partial charge in [-0.1, -0.05) is 6.42 Å². The highest BCUT2D eigenvalue weighted by Crippen LogP contribution is 2.30. The van der Waals surface area contributed by atoms with Gasteiger partial charge in [-0.3, -0.25) is 4.79 Å². The second-order valence-electron chi connectivity index (χ2n) is 5.60. The Hall–Kier alpha value is -1.26. The number of nitrogens with zero attached hydrogens (tertiary/aromatic N) is 1. The molecule has 1 aliphatic carbocycles. The molecule has 3 unspecified atom stereocenters. The van der Waals surface area contributed by atoms with Crippen LogP contribution in [0.3, 0.4) is 0 Å². The van der Waals surface area contributed by atoms with E-state index in [1.807, 2.05) is 13.8 Å². The van der Waals surface area contributed by atoms with Gasteiger partial charge in [0.05, 0.1) is 5.92 Å². The molecule has 0 spiro atoms. The lowest BCUT2D eigenvalue weighted by atomic mass is 9.80. The first-order valence-electron chi connectivity index (χ1n) is 6.80. The summed E-state index contributed by atoms with van der Waals surface area (Å²) in [6.45, 7) is 4.40. The van der Waals surface area contributed by atoms with Crippen LogP contribution in [0.4, 0.5) is 4.79 Å². The number of carbonyl (C=O) groups is 2. The van der Waals surface area contributed by atoms with Crippen LogP contribution >= 0.6 is 0 Å². The van der Waals surface area contributed by atoms with E-state index in [1.165, 1.54) is 19.3 Å². The minimum atomic E-state index is -0.801. The highest BCUT2D eigenvalue weighted by molar-refractivity contribution is 5.78. The van der Waals surface area contributed by atoms with Crippen LogP contribution < -0.4 is 5.32 Å². The van der Waals surface area contributed by atoms with Gasteiger partial charge in [0, 0.05) is 18.6 Å². The van der Waals surface area contributed by atoms with Crippen molar-refractivity contribution in [3.05, 3.63) is 0 Å². The van der Waals surface area contributed by atoms with Crippen LogP contribution in [0.5, 0.6) is 0 Å². The molecule has 5 heteroatoms. The smallest absolute Gasteiger partial charge is 0.317 e. The Kier molecular flexibility index (Phi) is 3.78. The van der Waals surface area contributed by atoms with Crippen LogP contribution in [-0.4, -0.2) is 40.6 Å². The van der Waals surface area contributed by atoms with Gasteiger partial charge in [0.15, 0.2) is 0 Å². The van der Waals surface area contributed by atoms with Crippen molar-refractivity contribution in [3.63, 3.8) is 0 Å². The number of aliphatic carboxylic acids is 1. The Labute approximate surface area is 108 Å². The van der Waals surface area contributed by atoms with E-state index in [0.717, 1.165) is 0 Å². The minimum absolute atomic E-state index is 0.106. The molecule has 1 heterocycles. The quantitative estimate of drug-likeness (QED) is 0.805. The summed E-state index contributed by atoms with van der Waals surface area (Å²) in [5.41, 5.74) is 0. The molecule has 3 atom stereocenters. The highest BCUT2D eigenvalue weighted by Gasteiger charge is 2.38. The molecule has 0 radical (unpaired) electrons. The zero-order chi connectivity index (χ0) is 13.3. The summed E-state index contributed by atoms with van der Waals surface area (Å²) in [6, 6.07) is -0.121. The van der Waals surface area contributed by atoms with Gasteiger partial charge in [-0.05, 0) is 39.0 Å². The summed E-state index contributed by atoms with van der Waals surface area (Å²) in [7, 11) is 0. The van der Waals surface area contributed by atoms with Crippen molar-refractivity contribution in [1.29, 1.82) is 0 Å². The molecule has 0 aromatic rings. The van der Waals surface area contributed by atoms with E-state index < -0.39 is 11.9 Å². The van der Waals surface area contributed by atoms with Crippen molar-refractivity contribution in [1.82, 2.24) is 10.2 Å². The van der Waals surface area contributed by atoms with E-state index in [9.17, 15) is 9.59 Å². The second kappa shape index (κ2) is 5.16. The zero-order valence-corrected chi connectivity index (χ0v) is 11.1. The van der Waals surface area contributed by atoms with Crippen LogP contribution in [0.1, 0.15) is 39.5 Å². The van der Waals surface area contributed by atoms with E-state index in [2.05, 4.69) is 5.32 Å². The van der Waals surface area contributed by atoms with Gasteiger partial charge in [0.1, 0.15) is 0 Å². The lowest BCUT2D eigenvalue weighted by molar-refractivity contribution is -0.142. The molecule has 2 rings (SSSR count). The predicted molar refractivity (Wildman–Crippen MR) is 67.2 cm³/mol. The van der Waals surface area contributed by atoms with Crippen LogP contribution in [0.15, 0.2) is 0 Å². The van der Waals surface area contributed by atoms with Gasteiger partial charge >= 0.3 is 12.0 Å². The molecule has 102 valence electrons. The van der Waals surface area contributed by atoms with Crippen LogP contribution in [-0.2, 0) is 4.79 Å². The minimum Gasteiger partial charge on any atom is -0.481 e. The van der Waals surface area contributed by atoms with Gasteiger partial charge in [0.25, 0.3) is 0 Å². The fourth-order valence-electron chi connectivity index (χ4n) is 2.89. The van der Waals surface area contributed by atoms with E-state index in [1.54, 1.807) is 4.90 Å². The first kappa shape index (κ1) is 13.2. The first-order chi connectivity index (χ1) is 8.50. The molecular formula is C13H22N2O3. The third-order valence-electron chi connectivity index (χ3n) is 4.54. The Morgan fingerprint density at radius 1 is 1.33 bits per heavy atom. The molecule has 2 aliphatic rings. The van der Waals surface area contributed by atoms with Crippen molar-refractivity contribution in [3.8, 4) is 0 Å². The SMILES string of the molecule is CC(NC(=O)N1CCC(C(=O)O)C1C)C1CCC1. The summed E-state index contributed by atoms with van der Waals surface area (Å²) < 4.78 is 0. The summed E-state index contributed by atoms with van der Waals surface area (Å²) in [6.07, 6.45) is 4.19. The molecule has 2 amide bonds. The fourth-order valence-corrected chi connectivity index (χ4v) is 2.89. The van der Waals surface area contributed by atoms with Gasteiger partial charge in [0.2, 0.25) is 0 Å². The predicted octanol–water partition coefficient (Wildman–Crippen LogP) is 1.68. The summed E-state index contributed by atoms with van der Waals surface area (Å²) in [4.78, 5) is 24.8. The van der Waals surface area contributed by atoms with E-state index in [0.29, 0.717) is 18.9 Å². The van der Waals surface area contributed by atoms with Crippen molar-refractivity contribution in [2.75, 3.05) is 6.54 Å². The monoisotopic (exact) mass is 254 g/mol. The molecular weight excluding hydrogens is 232 g/mol. The standard InChI is InChI=1S/C13H22N2O3/c1-8(10-4-3-5-10)14-13(18)15-7-6-11(9(15)2)12(16)17/h8-11H,3-7H2,1-2H3,(H,14,18)(H,16,17). The molecule has 5 nitrogen and oxygen atoms in total. The molecule has 1 saturated heterocycles. The number of hydrogen-bond acceptors (Lipinski definition) is 2. The number of carbonyl (C=O) groups excluding carboxylic acids is 1. The summed E-state index contributed by atoms with van der Waals surface area (Å²) >= 11 is 0. The van der Waals surface area contributed by atoms with Crippen LogP contribution in [0.2, 0.25) is 0 Å². The number of carboxylic acids is 1. The molecule has 18 heavy (non-hydrogen) atoms. The first-order valence-corrected chi connectivity index (χ1v) is 6.80.